The summed E-state index contributed by atoms with van der Waals surface area (Å²) in [7, 11) is 6.31. The predicted octanol–water partition coefficient (Wildman–Crippen LogP) is 6.14. The second kappa shape index (κ2) is 14.1. The van der Waals surface area contributed by atoms with Crippen LogP contribution in [0.3, 0.4) is 0 Å². The van der Waals surface area contributed by atoms with Gasteiger partial charge < -0.3 is 28.5 Å². The molecule has 0 spiro atoms. The van der Waals surface area contributed by atoms with Crippen LogP contribution >= 0.6 is 0 Å². The van der Waals surface area contributed by atoms with Gasteiger partial charge in [-0.3, -0.25) is 4.79 Å². The SMILES string of the molecule is C/C=C(C)/C=C/C=C/[C@H](OC)[C@H](C)[C@@H](OC)[C@@H](C)CCc1oc2c(O)c(OC)cc(OC)c2c(=O)c1C. The summed E-state index contributed by atoms with van der Waals surface area (Å²) in [5.74, 6) is 0.995. The molecular formula is C30H42O7. The number of allylic oxidation sites excluding steroid dienone is 5. The van der Waals surface area contributed by atoms with Crippen LogP contribution in [0.4, 0.5) is 0 Å². The zero-order chi connectivity index (χ0) is 27.7. The highest BCUT2D eigenvalue weighted by Gasteiger charge is 2.29. The molecule has 0 aliphatic carbocycles. The lowest BCUT2D eigenvalue weighted by molar-refractivity contribution is -0.0343. The average molecular weight is 515 g/mol. The van der Waals surface area contributed by atoms with E-state index in [1.165, 1.54) is 25.9 Å². The van der Waals surface area contributed by atoms with Gasteiger partial charge in [-0.15, -0.1) is 0 Å². The Kier molecular flexibility index (Phi) is 11.5. The largest absolute Gasteiger partial charge is 0.502 e. The van der Waals surface area contributed by atoms with Crippen molar-refractivity contribution >= 4 is 11.0 Å². The minimum absolute atomic E-state index is 0.0666. The number of hydrogen-bond acceptors (Lipinski definition) is 7. The Bertz CT molecular complexity index is 1190. The number of phenolic OH excluding ortho intramolecular Hbond substituents is 1. The molecule has 204 valence electrons. The molecule has 37 heavy (non-hydrogen) atoms. The number of aromatic hydroxyl groups is 1. The maximum Gasteiger partial charge on any atom is 0.202 e. The van der Waals surface area contributed by atoms with Crippen LogP contribution in [0.15, 0.2) is 51.2 Å². The van der Waals surface area contributed by atoms with E-state index in [1.807, 2.05) is 31.2 Å². The average Bonchev–Trinajstić information content (AvgIpc) is 2.90. The summed E-state index contributed by atoms with van der Waals surface area (Å²) in [5, 5.41) is 10.8. The van der Waals surface area contributed by atoms with Crippen LogP contribution in [-0.2, 0) is 15.9 Å². The molecule has 0 aliphatic rings. The van der Waals surface area contributed by atoms with Gasteiger partial charge in [0.1, 0.15) is 16.9 Å². The van der Waals surface area contributed by atoms with Gasteiger partial charge in [-0.1, -0.05) is 49.8 Å². The number of benzene rings is 1. The fourth-order valence-electron chi connectivity index (χ4n) is 4.61. The Morgan fingerprint density at radius 3 is 2.32 bits per heavy atom. The highest BCUT2D eigenvalue weighted by atomic mass is 16.5. The van der Waals surface area contributed by atoms with E-state index >= 15 is 0 Å². The van der Waals surface area contributed by atoms with Crippen LogP contribution in [0.5, 0.6) is 17.2 Å². The van der Waals surface area contributed by atoms with Crippen molar-refractivity contribution in [1.82, 2.24) is 0 Å². The molecule has 0 amide bonds. The summed E-state index contributed by atoms with van der Waals surface area (Å²) in [6.45, 7) is 10.0. The summed E-state index contributed by atoms with van der Waals surface area (Å²) in [6, 6.07) is 1.48. The second-order valence-electron chi connectivity index (χ2n) is 9.37. The van der Waals surface area contributed by atoms with Crippen molar-refractivity contribution in [1.29, 1.82) is 0 Å². The molecule has 0 fully saturated rings. The van der Waals surface area contributed by atoms with Crippen LogP contribution in [0, 0.1) is 18.8 Å². The van der Waals surface area contributed by atoms with E-state index in [4.69, 9.17) is 23.4 Å². The number of ether oxygens (including phenoxy) is 4. The van der Waals surface area contributed by atoms with Gasteiger partial charge in [0.2, 0.25) is 5.75 Å². The normalized spacial score (nSPS) is 15.9. The molecule has 4 atom stereocenters. The first-order valence-electron chi connectivity index (χ1n) is 12.6. The number of phenols is 1. The van der Waals surface area contributed by atoms with Gasteiger partial charge in [-0.25, -0.2) is 0 Å². The molecule has 0 bridgehead atoms. The standard InChI is InChI=1S/C30H42O7/c1-10-18(2)13-11-12-14-22(33-6)21(5)29(36-9)19(3)15-16-23-20(4)27(31)26-24(34-7)17-25(35-8)28(32)30(26)37-23/h10-14,17,19,21-22,29,32H,15-16H2,1-9H3/b13-11+,14-12+,18-10+/t19-,21-,22-,29-/m0/s1. The maximum absolute atomic E-state index is 13.2. The molecule has 7 nitrogen and oxygen atoms in total. The Morgan fingerprint density at radius 2 is 1.76 bits per heavy atom. The fraction of sp³-hybridized carbons (Fsp3) is 0.500. The molecule has 2 rings (SSSR count). The lowest BCUT2D eigenvalue weighted by atomic mass is 9.85. The molecule has 1 N–H and O–H groups in total. The van der Waals surface area contributed by atoms with Gasteiger partial charge >= 0.3 is 0 Å². The fourth-order valence-corrected chi connectivity index (χ4v) is 4.61. The van der Waals surface area contributed by atoms with Gasteiger partial charge in [0.15, 0.2) is 16.8 Å². The Morgan fingerprint density at radius 1 is 1.08 bits per heavy atom. The summed E-state index contributed by atoms with van der Waals surface area (Å²) < 4.78 is 28.3. The highest BCUT2D eigenvalue weighted by Crippen LogP contribution is 2.40. The van der Waals surface area contributed by atoms with E-state index in [1.54, 1.807) is 21.1 Å². The first-order chi connectivity index (χ1) is 17.6. The molecular weight excluding hydrogens is 472 g/mol. The minimum atomic E-state index is -0.235. The molecule has 1 aromatic carbocycles. The molecule has 0 saturated heterocycles. The number of aryl methyl sites for hydroxylation is 1. The molecule has 1 aromatic heterocycles. The second-order valence-corrected chi connectivity index (χ2v) is 9.37. The number of hydrogen-bond donors (Lipinski definition) is 1. The van der Waals surface area contributed by atoms with Gasteiger partial charge in [0.25, 0.3) is 0 Å². The summed E-state index contributed by atoms with van der Waals surface area (Å²) in [6.07, 6.45) is 11.1. The number of fused-ring (bicyclic) bond motifs is 1. The van der Waals surface area contributed by atoms with Crippen molar-refractivity contribution in [3.63, 3.8) is 0 Å². The van der Waals surface area contributed by atoms with Gasteiger partial charge in [-0.05, 0) is 33.1 Å². The molecule has 1 heterocycles. The third kappa shape index (κ3) is 7.05. The van der Waals surface area contributed by atoms with Crippen molar-refractivity contribution < 1.29 is 28.5 Å². The topological polar surface area (TPSA) is 87.4 Å². The molecule has 0 saturated carbocycles. The van der Waals surface area contributed by atoms with Crippen molar-refractivity contribution in [2.75, 3.05) is 28.4 Å². The van der Waals surface area contributed by atoms with Crippen LogP contribution in [0.25, 0.3) is 11.0 Å². The zero-order valence-electron chi connectivity index (χ0n) is 23.6. The molecule has 0 unspecified atom stereocenters. The summed E-state index contributed by atoms with van der Waals surface area (Å²) in [4.78, 5) is 13.2. The Balaban J connectivity index is 2.27. The van der Waals surface area contributed by atoms with Gasteiger partial charge in [0, 0.05) is 38.2 Å². The number of rotatable bonds is 13. The third-order valence-corrected chi connectivity index (χ3v) is 7.03. The monoisotopic (exact) mass is 514 g/mol. The van der Waals surface area contributed by atoms with Crippen LogP contribution in [0.2, 0.25) is 0 Å². The van der Waals surface area contributed by atoms with E-state index in [0.29, 0.717) is 29.9 Å². The molecule has 0 radical (unpaired) electrons. The summed E-state index contributed by atoms with van der Waals surface area (Å²) >= 11 is 0. The third-order valence-electron chi connectivity index (χ3n) is 7.03. The van der Waals surface area contributed by atoms with E-state index in [9.17, 15) is 9.90 Å². The van der Waals surface area contributed by atoms with Crippen LogP contribution in [0.1, 0.15) is 45.4 Å². The van der Waals surface area contributed by atoms with Crippen LogP contribution < -0.4 is 14.9 Å². The smallest absolute Gasteiger partial charge is 0.202 e. The maximum atomic E-state index is 13.2. The Labute approximate surface area is 220 Å². The van der Waals surface area contributed by atoms with Crippen molar-refractivity contribution in [2.24, 2.45) is 11.8 Å². The first kappa shape index (κ1) is 30.2. The molecule has 2 aromatic rings. The van der Waals surface area contributed by atoms with Gasteiger partial charge in [0.05, 0.1) is 26.4 Å². The first-order valence-corrected chi connectivity index (χ1v) is 12.6. The van der Waals surface area contributed by atoms with E-state index in [0.717, 1.165) is 0 Å². The van der Waals surface area contributed by atoms with E-state index < -0.39 is 0 Å². The van der Waals surface area contributed by atoms with Crippen molar-refractivity contribution in [3.05, 3.63) is 63.6 Å². The lowest BCUT2D eigenvalue weighted by Gasteiger charge is -2.32. The number of methoxy groups -OCH3 is 4. The Hall–Kier alpha value is -3.03. The van der Waals surface area contributed by atoms with Gasteiger partial charge in [-0.2, -0.15) is 0 Å². The van der Waals surface area contributed by atoms with Crippen LogP contribution in [-0.4, -0.2) is 45.8 Å². The zero-order valence-corrected chi connectivity index (χ0v) is 23.6. The molecule has 0 aliphatic heterocycles. The molecule has 7 heteroatoms. The lowest BCUT2D eigenvalue weighted by Crippen LogP contribution is -2.36. The van der Waals surface area contributed by atoms with Crippen molar-refractivity contribution in [3.8, 4) is 17.2 Å². The van der Waals surface area contributed by atoms with E-state index in [2.05, 4.69) is 26.8 Å². The van der Waals surface area contributed by atoms with Crippen molar-refractivity contribution in [2.45, 2.75) is 59.7 Å². The predicted molar refractivity (Wildman–Crippen MR) is 148 cm³/mol. The highest BCUT2D eigenvalue weighted by molar-refractivity contribution is 5.91. The van der Waals surface area contributed by atoms with E-state index in [-0.39, 0.29) is 51.9 Å². The summed E-state index contributed by atoms with van der Waals surface area (Å²) in [5.41, 5.74) is 1.51. The quantitative estimate of drug-likeness (QED) is 0.321. The minimum Gasteiger partial charge on any atom is -0.502 e.